The summed E-state index contributed by atoms with van der Waals surface area (Å²) in [6.45, 7) is 5.12. The Kier molecular flexibility index (Phi) is 5.55. The van der Waals surface area contributed by atoms with Crippen molar-refractivity contribution >= 4 is 17.0 Å². The van der Waals surface area contributed by atoms with E-state index in [1.165, 1.54) is 0 Å². The van der Waals surface area contributed by atoms with Crippen molar-refractivity contribution in [2.45, 2.75) is 39.3 Å². The molecular weight excluding hydrogens is 278 g/mol. The largest absolute Gasteiger partial charge is 0.464 e. The molecule has 0 aliphatic carbocycles. The standard InChI is InChI=1S/C17H25N3O2/c1-5-6-11-22-17(21)13(2)20-15-10-8-7-9-14(15)18-16(20)12-19(3)4/h7-10,13H,5-6,11-12H2,1-4H3. The summed E-state index contributed by atoms with van der Waals surface area (Å²) in [5.41, 5.74) is 1.88. The van der Waals surface area contributed by atoms with E-state index >= 15 is 0 Å². The summed E-state index contributed by atoms with van der Waals surface area (Å²) in [4.78, 5) is 19.0. The van der Waals surface area contributed by atoms with Crippen LogP contribution in [0.5, 0.6) is 0 Å². The van der Waals surface area contributed by atoms with Crippen molar-refractivity contribution in [1.82, 2.24) is 14.5 Å². The minimum Gasteiger partial charge on any atom is -0.464 e. The zero-order valence-corrected chi connectivity index (χ0v) is 13.9. The van der Waals surface area contributed by atoms with Crippen molar-refractivity contribution in [2.24, 2.45) is 0 Å². The zero-order valence-electron chi connectivity index (χ0n) is 13.9. The number of unbranched alkanes of at least 4 members (excludes halogenated alkanes) is 1. The number of rotatable bonds is 7. The minimum absolute atomic E-state index is 0.198. The number of nitrogens with zero attached hydrogens (tertiary/aromatic N) is 3. The Morgan fingerprint density at radius 3 is 2.77 bits per heavy atom. The van der Waals surface area contributed by atoms with Gasteiger partial charge >= 0.3 is 5.97 Å². The Balaban J connectivity index is 2.32. The molecule has 1 aromatic heterocycles. The van der Waals surface area contributed by atoms with E-state index in [0.29, 0.717) is 13.2 Å². The van der Waals surface area contributed by atoms with Gasteiger partial charge in [-0.3, -0.25) is 0 Å². The second kappa shape index (κ2) is 7.40. The fourth-order valence-electron chi connectivity index (χ4n) is 2.46. The fraction of sp³-hybridized carbons (Fsp3) is 0.529. The number of hydrogen-bond acceptors (Lipinski definition) is 4. The van der Waals surface area contributed by atoms with Crippen LogP contribution in [0.4, 0.5) is 0 Å². The molecule has 5 nitrogen and oxygen atoms in total. The number of hydrogen-bond donors (Lipinski definition) is 0. The van der Waals surface area contributed by atoms with Crippen LogP contribution in [0.1, 0.15) is 38.6 Å². The number of carbonyl (C=O) groups is 1. The van der Waals surface area contributed by atoms with Crippen molar-refractivity contribution in [2.75, 3.05) is 20.7 Å². The van der Waals surface area contributed by atoms with Gasteiger partial charge in [-0.25, -0.2) is 9.78 Å². The number of imidazole rings is 1. The first-order valence-corrected chi connectivity index (χ1v) is 7.81. The van der Waals surface area contributed by atoms with E-state index in [1.807, 2.05) is 54.8 Å². The molecule has 0 spiro atoms. The van der Waals surface area contributed by atoms with Gasteiger partial charge in [0.05, 0.1) is 24.2 Å². The first kappa shape index (κ1) is 16.5. The predicted octanol–water partition coefficient (Wildman–Crippen LogP) is 3.00. The van der Waals surface area contributed by atoms with E-state index in [0.717, 1.165) is 29.7 Å². The topological polar surface area (TPSA) is 47.4 Å². The number of para-hydroxylation sites is 2. The predicted molar refractivity (Wildman–Crippen MR) is 87.7 cm³/mol. The van der Waals surface area contributed by atoms with Crippen LogP contribution in [0.3, 0.4) is 0 Å². The van der Waals surface area contributed by atoms with Crippen LogP contribution >= 0.6 is 0 Å². The molecule has 1 aromatic carbocycles. The minimum atomic E-state index is -0.376. The van der Waals surface area contributed by atoms with Crippen molar-refractivity contribution in [3.63, 3.8) is 0 Å². The summed E-state index contributed by atoms with van der Waals surface area (Å²) in [5.74, 6) is 0.683. The third-order valence-corrected chi connectivity index (χ3v) is 3.60. The van der Waals surface area contributed by atoms with Crippen LogP contribution in [0, 0.1) is 0 Å². The van der Waals surface area contributed by atoms with Crippen molar-refractivity contribution in [1.29, 1.82) is 0 Å². The lowest BCUT2D eigenvalue weighted by Gasteiger charge is -2.18. The average molecular weight is 303 g/mol. The number of esters is 1. The number of ether oxygens (including phenoxy) is 1. The van der Waals surface area contributed by atoms with Gasteiger partial charge in [-0.15, -0.1) is 0 Å². The van der Waals surface area contributed by atoms with Gasteiger partial charge < -0.3 is 14.2 Å². The monoisotopic (exact) mass is 303 g/mol. The van der Waals surface area contributed by atoms with Crippen molar-refractivity contribution in [3.8, 4) is 0 Å². The molecule has 0 aliphatic rings. The highest BCUT2D eigenvalue weighted by molar-refractivity contribution is 5.81. The van der Waals surface area contributed by atoms with E-state index < -0.39 is 0 Å². The van der Waals surface area contributed by atoms with Crippen LogP contribution < -0.4 is 0 Å². The smallest absolute Gasteiger partial charge is 0.328 e. The molecule has 1 atom stereocenters. The van der Waals surface area contributed by atoms with E-state index in [2.05, 4.69) is 11.9 Å². The first-order chi connectivity index (χ1) is 10.5. The van der Waals surface area contributed by atoms with Gasteiger partial charge in [0.15, 0.2) is 0 Å². The van der Waals surface area contributed by atoms with E-state index in [9.17, 15) is 4.79 Å². The lowest BCUT2D eigenvalue weighted by atomic mass is 10.2. The maximum absolute atomic E-state index is 12.3. The number of fused-ring (bicyclic) bond motifs is 1. The molecule has 22 heavy (non-hydrogen) atoms. The van der Waals surface area contributed by atoms with Crippen LogP contribution in [-0.4, -0.2) is 41.1 Å². The molecule has 0 fully saturated rings. The Morgan fingerprint density at radius 1 is 1.36 bits per heavy atom. The zero-order chi connectivity index (χ0) is 16.1. The normalized spacial score (nSPS) is 12.8. The van der Waals surface area contributed by atoms with Crippen LogP contribution in [0.25, 0.3) is 11.0 Å². The first-order valence-electron chi connectivity index (χ1n) is 7.81. The summed E-state index contributed by atoms with van der Waals surface area (Å²) in [6, 6.07) is 7.52. The summed E-state index contributed by atoms with van der Waals surface area (Å²) in [7, 11) is 3.99. The maximum Gasteiger partial charge on any atom is 0.328 e. The van der Waals surface area contributed by atoms with Crippen LogP contribution in [0.2, 0.25) is 0 Å². The van der Waals surface area contributed by atoms with E-state index in [-0.39, 0.29) is 12.0 Å². The molecule has 0 saturated carbocycles. The van der Waals surface area contributed by atoms with Gasteiger partial charge in [0.2, 0.25) is 0 Å². The molecule has 0 saturated heterocycles. The Bertz CT molecular complexity index is 634. The van der Waals surface area contributed by atoms with E-state index in [1.54, 1.807) is 0 Å². The Labute approximate surface area is 131 Å². The summed E-state index contributed by atoms with van der Waals surface area (Å²) >= 11 is 0. The molecule has 5 heteroatoms. The number of aromatic nitrogens is 2. The lowest BCUT2D eigenvalue weighted by molar-refractivity contribution is -0.147. The molecule has 0 amide bonds. The molecule has 1 unspecified atom stereocenters. The molecule has 1 heterocycles. The number of benzene rings is 1. The summed E-state index contributed by atoms with van der Waals surface area (Å²) in [5, 5.41) is 0. The van der Waals surface area contributed by atoms with Gasteiger partial charge in [0.25, 0.3) is 0 Å². The highest BCUT2D eigenvalue weighted by atomic mass is 16.5. The fourth-order valence-corrected chi connectivity index (χ4v) is 2.46. The summed E-state index contributed by atoms with van der Waals surface area (Å²) in [6.07, 6.45) is 1.91. The van der Waals surface area contributed by atoms with Crippen LogP contribution in [-0.2, 0) is 16.1 Å². The van der Waals surface area contributed by atoms with Gasteiger partial charge in [0, 0.05) is 0 Å². The second-order valence-electron chi connectivity index (χ2n) is 5.82. The average Bonchev–Trinajstić information content (AvgIpc) is 2.83. The molecule has 120 valence electrons. The van der Waals surface area contributed by atoms with Gasteiger partial charge in [-0.1, -0.05) is 25.5 Å². The van der Waals surface area contributed by atoms with E-state index in [4.69, 9.17) is 4.74 Å². The van der Waals surface area contributed by atoms with Crippen molar-refractivity contribution < 1.29 is 9.53 Å². The van der Waals surface area contributed by atoms with Crippen LogP contribution in [0.15, 0.2) is 24.3 Å². The molecule has 0 N–H and O–H groups in total. The lowest BCUT2D eigenvalue weighted by Crippen LogP contribution is -2.23. The van der Waals surface area contributed by atoms with Gasteiger partial charge in [-0.2, -0.15) is 0 Å². The second-order valence-corrected chi connectivity index (χ2v) is 5.82. The summed E-state index contributed by atoms with van der Waals surface area (Å²) < 4.78 is 7.37. The third kappa shape index (κ3) is 3.65. The molecule has 0 radical (unpaired) electrons. The molecule has 2 rings (SSSR count). The van der Waals surface area contributed by atoms with Gasteiger partial charge in [-0.05, 0) is 39.6 Å². The number of carbonyl (C=O) groups excluding carboxylic acids is 1. The highest BCUT2D eigenvalue weighted by Crippen LogP contribution is 2.22. The quantitative estimate of drug-likeness (QED) is 0.583. The molecule has 0 bridgehead atoms. The Morgan fingerprint density at radius 2 is 2.09 bits per heavy atom. The highest BCUT2D eigenvalue weighted by Gasteiger charge is 2.22. The SMILES string of the molecule is CCCCOC(=O)C(C)n1c(CN(C)C)nc2ccccc21. The van der Waals surface area contributed by atoms with Gasteiger partial charge in [0.1, 0.15) is 11.9 Å². The molecule has 2 aromatic rings. The maximum atomic E-state index is 12.3. The third-order valence-electron chi connectivity index (χ3n) is 3.60. The molecular formula is C17H25N3O2. The molecule has 0 aliphatic heterocycles. The van der Waals surface area contributed by atoms with Crippen molar-refractivity contribution in [3.05, 3.63) is 30.1 Å². The Hall–Kier alpha value is -1.88.